The van der Waals surface area contributed by atoms with Gasteiger partial charge in [-0.3, -0.25) is 4.72 Å². The van der Waals surface area contributed by atoms with E-state index in [4.69, 9.17) is 4.42 Å². The second-order valence-electron chi connectivity index (χ2n) is 5.16. The van der Waals surface area contributed by atoms with E-state index in [-0.39, 0.29) is 10.7 Å². The number of nitrogens with zero attached hydrogens (tertiary/aromatic N) is 2. The summed E-state index contributed by atoms with van der Waals surface area (Å²) < 4.78 is 32.2. The van der Waals surface area contributed by atoms with Crippen LogP contribution in [0.15, 0.2) is 64.1 Å². The van der Waals surface area contributed by atoms with Crippen molar-refractivity contribution in [3.8, 4) is 0 Å². The smallest absolute Gasteiger partial charge is 0.263 e. The van der Waals surface area contributed by atoms with Crippen LogP contribution in [0.1, 0.15) is 11.3 Å². The van der Waals surface area contributed by atoms with Gasteiger partial charge in [-0.15, -0.1) is 10.2 Å². The van der Waals surface area contributed by atoms with Crippen molar-refractivity contribution in [3.63, 3.8) is 0 Å². The average Bonchev–Trinajstić information content (AvgIpc) is 3.07. The van der Waals surface area contributed by atoms with Gasteiger partial charge in [0.15, 0.2) is 5.82 Å². The summed E-state index contributed by atoms with van der Waals surface area (Å²) in [5, 5.41) is 10.9. The number of aryl methyl sites for hydroxylation is 1. The summed E-state index contributed by atoms with van der Waals surface area (Å²) in [6, 6.07) is 13.5. The highest BCUT2D eigenvalue weighted by Gasteiger charge is 2.15. The van der Waals surface area contributed by atoms with Gasteiger partial charge in [0.2, 0.25) is 0 Å². The molecule has 2 aromatic heterocycles. The zero-order chi connectivity index (χ0) is 17.0. The van der Waals surface area contributed by atoms with Crippen molar-refractivity contribution in [2.24, 2.45) is 0 Å². The Labute approximate surface area is 139 Å². The third-order valence-corrected chi connectivity index (χ3v) is 4.58. The van der Waals surface area contributed by atoms with Gasteiger partial charge in [0, 0.05) is 0 Å². The minimum absolute atomic E-state index is 0.153. The molecule has 24 heavy (non-hydrogen) atoms. The normalized spacial score (nSPS) is 11.2. The monoisotopic (exact) mass is 344 g/mol. The van der Waals surface area contributed by atoms with E-state index < -0.39 is 10.0 Å². The molecular weight excluding hydrogens is 328 g/mol. The molecule has 0 bridgehead atoms. The maximum Gasteiger partial charge on any atom is 0.263 e. The van der Waals surface area contributed by atoms with Gasteiger partial charge in [0.25, 0.3) is 10.0 Å². The number of anilines is 2. The fraction of sp³-hybridized carbons (Fsp3) is 0.125. The second kappa shape index (κ2) is 6.71. The molecule has 124 valence electrons. The number of rotatable bonds is 6. The van der Waals surface area contributed by atoms with E-state index in [1.807, 2.05) is 19.1 Å². The third-order valence-electron chi connectivity index (χ3n) is 3.23. The average molecular weight is 344 g/mol. The van der Waals surface area contributed by atoms with Crippen LogP contribution >= 0.6 is 0 Å². The fourth-order valence-electron chi connectivity index (χ4n) is 2.05. The van der Waals surface area contributed by atoms with E-state index in [9.17, 15) is 8.42 Å². The van der Waals surface area contributed by atoms with Crippen molar-refractivity contribution in [3.05, 3.63) is 66.1 Å². The van der Waals surface area contributed by atoms with Gasteiger partial charge in [-0.25, -0.2) is 8.42 Å². The maximum absolute atomic E-state index is 12.3. The Morgan fingerprint density at radius 2 is 1.83 bits per heavy atom. The van der Waals surface area contributed by atoms with E-state index in [0.29, 0.717) is 12.4 Å². The van der Waals surface area contributed by atoms with Crippen molar-refractivity contribution in [1.82, 2.24) is 10.2 Å². The molecular formula is C16H16N4O3S. The second-order valence-corrected chi connectivity index (χ2v) is 6.84. The van der Waals surface area contributed by atoms with E-state index in [2.05, 4.69) is 20.2 Å². The van der Waals surface area contributed by atoms with Crippen LogP contribution in [0, 0.1) is 6.92 Å². The molecule has 0 radical (unpaired) electrons. The van der Waals surface area contributed by atoms with Gasteiger partial charge in [-0.1, -0.05) is 12.1 Å². The Morgan fingerprint density at radius 1 is 1.04 bits per heavy atom. The largest absolute Gasteiger partial charge is 0.467 e. The quantitative estimate of drug-likeness (QED) is 0.714. The molecule has 0 aliphatic rings. The Balaban J connectivity index is 1.67. The Bertz CT molecular complexity index is 907. The van der Waals surface area contributed by atoms with Gasteiger partial charge < -0.3 is 9.73 Å². The van der Waals surface area contributed by atoms with Gasteiger partial charge in [-0.05, 0) is 48.9 Å². The first-order chi connectivity index (χ1) is 11.5. The molecule has 8 heteroatoms. The molecule has 2 N–H and O–H groups in total. The first-order valence-corrected chi connectivity index (χ1v) is 8.71. The number of furan rings is 1. The van der Waals surface area contributed by atoms with Gasteiger partial charge >= 0.3 is 0 Å². The van der Waals surface area contributed by atoms with Gasteiger partial charge in [0.1, 0.15) is 11.6 Å². The van der Waals surface area contributed by atoms with E-state index in [1.165, 1.54) is 6.07 Å². The lowest BCUT2D eigenvalue weighted by atomic mass is 10.2. The highest BCUT2D eigenvalue weighted by Crippen LogP contribution is 2.16. The zero-order valence-corrected chi connectivity index (χ0v) is 13.7. The molecule has 0 fully saturated rings. The molecule has 7 nitrogen and oxygen atoms in total. The Kier molecular flexibility index (Phi) is 4.48. The molecule has 0 atom stereocenters. The fourth-order valence-corrected chi connectivity index (χ4v) is 3.15. The van der Waals surface area contributed by atoms with Crippen LogP contribution in [-0.4, -0.2) is 18.6 Å². The number of hydrogen-bond donors (Lipinski definition) is 2. The molecule has 0 unspecified atom stereocenters. The lowest BCUT2D eigenvalue weighted by Gasteiger charge is -2.08. The Hall–Kier alpha value is -2.87. The van der Waals surface area contributed by atoms with Crippen LogP contribution in [0.4, 0.5) is 11.6 Å². The summed E-state index contributed by atoms with van der Waals surface area (Å²) in [4.78, 5) is 0.185. The van der Waals surface area contributed by atoms with Crippen molar-refractivity contribution < 1.29 is 12.8 Å². The third kappa shape index (κ3) is 3.90. The van der Waals surface area contributed by atoms with E-state index in [0.717, 1.165) is 11.3 Å². The van der Waals surface area contributed by atoms with Crippen LogP contribution in [0.5, 0.6) is 0 Å². The lowest BCUT2D eigenvalue weighted by molar-refractivity contribution is 0.517. The molecule has 1 aromatic carbocycles. The summed E-state index contributed by atoms with van der Waals surface area (Å²) in [7, 11) is -3.68. The number of hydrogen-bond acceptors (Lipinski definition) is 6. The van der Waals surface area contributed by atoms with Crippen molar-refractivity contribution >= 4 is 21.7 Å². The maximum atomic E-state index is 12.3. The minimum atomic E-state index is -3.68. The summed E-state index contributed by atoms with van der Waals surface area (Å²) in [6.07, 6.45) is 1.59. The molecule has 0 spiro atoms. The van der Waals surface area contributed by atoms with Crippen LogP contribution < -0.4 is 10.0 Å². The lowest BCUT2D eigenvalue weighted by Crippen LogP contribution is -2.14. The molecule has 0 aliphatic heterocycles. The predicted molar refractivity (Wildman–Crippen MR) is 90.1 cm³/mol. The molecule has 2 heterocycles. The van der Waals surface area contributed by atoms with Crippen molar-refractivity contribution in [2.75, 3.05) is 10.0 Å². The standard InChI is InChI=1S/C16H16N4O3S/c1-12-4-2-6-14(10-12)24(21,22)20-16-8-7-15(18-19-16)17-11-13-5-3-9-23-13/h2-10H,11H2,1H3,(H,17,18)(H,19,20). The SMILES string of the molecule is Cc1cccc(S(=O)(=O)Nc2ccc(NCc3ccco3)nn2)c1. The highest BCUT2D eigenvalue weighted by molar-refractivity contribution is 7.92. The molecule has 0 aliphatic carbocycles. The summed E-state index contributed by atoms with van der Waals surface area (Å²) in [5.41, 5.74) is 0.862. The zero-order valence-electron chi connectivity index (χ0n) is 12.9. The van der Waals surface area contributed by atoms with E-state index in [1.54, 1.807) is 36.6 Å². The number of nitrogens with one attached hydrogen (secondary N) is 2. The van der Waals surface area contributed by atoms with Crippen LogP contribution in [-0.2, 0) is 16.6 Å². The molecule has 0 saturated heterocycles. The number of benzene rings is 1. The minimum Gasteiger partial charge on any atom is -0.467 e. The van der Waals surface area contributed by atoms with Crippen LogP contribution in [0.2, 0.25) is 0 Å². The van der Waals surface area contributed by atoms with Crippen LogP contribution in [0.3, 0.4) is 0 Å². The van der Waals surface area contributed by atoms with Crippen molar-refractivity contribution in [1.29, 1.82) is 0 Å². The summed E-state index contributed by atoms with van der Waals surface area (Å²) in [5.74, 6) is 1.44. The molecule has 0 saturated carbocycles. The number of aromatic nitrogens is 2. The van der Waals surface area contributed by atoms with E-state index >= 15 is 0 Å². The molecule has 3 aromatic rings. The first-order valence-electron chi connectivity index (χ1n) is 7.22. The Morgan fingerprint density at radius 3 is 2.50 bits per heavy atom. The highest BCUT2D eigenvalue weighted by atomic mass is 32.2. The summed E-state index contributed by atoms with van der Waals surface area (Å²) in [6.45, 7) is 2.30. The predicted octanol–water partition coefficient (Wildman–Crippen LogP) is 2.79. The van der Waals surface area contributed by atoms with Crippen molar-refractivity contribution in [2.45, 2.75) is 18.4 Å². The van der Waals surface area contributed by atoms with Crippen LogP contribution in [0.25, 0.3) is 0 Å². The molecule has 0 amide bonds. The van der Waals surface area contributed by atoms with Gasteiger partial charge in [0.05, 0.1) is 17.7 Å². The number of sulfonamides is 1. The molecule has 3 rings (SSSR count). The topological polar surface area (TPSA) is 97.1 Å². The summed E-state index contributed by atoms with van der Waals surface area (Å²) >= 11 is 0. The first kappa shape index (κ1) is 16.0. The van der Waals surface area contributed by atoms with Gasteiger partial charge in [-0.2, -0.15) is 0 Å².